The number of halogens is 2. The summed E-state index contributed by atoms with van der Waals surface area (Å²) in [7, 11) is 0. The Morgan fingerprint density at radius 3 is 2.89 bits per heavy atom. The molecule has 5 heteroatoms. The summed E-state index contributed by atoms with van der Waals surface area (Å²) >= 11 is 0. The van der Waals surface area contributed by atoms with E-state index in [-0.39, 0.29) is 11.8 Å². The number of rotatable bonds is 4. The van der Waals surface area contributed by atoms with Crippen molar-refractivity contribution >= 4 is 5.91 Å². The number of hydrogen-bond donors (Lipinski definition) is 2. The van der Waals surface area contributed by atoms with Crippen LogP contribution in [0.5, 0.6) is 0 Å². The first-order valence-electron chi connectivity index (χ1n) is 6.59. The Labute approximate surface area is 111 Å². The van der Waals surface area contributed by atoms with Crippen molar-refractivity contribution in [2.75, 3.05) is 19.6 Å². The van der Waals surface area contributed by atoms with Gasteiger partial charge in [0.25, 0.3) is 0 Å². The van der Waals surface area contributed by atoms with Crippen LogP contribution in [-0.4, -0.2) is 25.5 Å². The van der Waals surface area contributed by atoms with Crippen LogP contribution >= 0.6 is 0 Å². The van der Waals surface area contributed by atoms with Crippen molar-refractivity contribution in [1.82, 2.24) is 10.6 Å². The van der Waals surface area contributed by atoms with E-state index in [1.165, 1.54) is 12.1 Å². The van der Waals surface area contributed by atoms with Gasteiger partial charge in [0, 0.05) is 13.1 Å². The second-order valence-corrected chi connectivity index (χ2v) is 4.83. The summed E-state index contributed by atoms with van der Waals surface area (Å²) in [5.41, 5.74) is 0.681. The summed E-state index contributed by atoms with van der Waals surface area (Å²) in [5, 5.41) is 6.03. The number of nitrogens with one attached hydrogen (secondary N) is 2. The van der Waals surface area contributed by atoms with E-state index in [0.29, 0.717) is 18.5 Å². The van der Waals surface area contributed by atoms with E-state index < -0.39 is 11.6 Å². The predicted molar refractivity (Wildman–Crippen MR) is 68.7 cm³/mol. The summed E-state index contributed by atoms with van der Waals surface area (Å²) in [6.45, 7) is 2.13. The number of hydrogen-bond acceptors (Lipinski definition) is 2. The third kappa shape index (κ3) is 3.99. The van der Waals surface area contributed by atoms with Crippen LogP contribution in [-0.2, 0) is 11.2 Å². The second-order valence-electron chi connectivity index (χ2n) is 4.83. The first kappa shape index (κ1) is 13.9. The molecule has 0 aromatic heterocycles. The highest BCUT2D eigenvalue weighted by Crippen LogP contribution is 2.11. The van der Waals surface area contributed by atoms with Crippen molar-refractivity contribution < 1.29 is 13.6 Å². The molecule has 0 aliphatic carbocycles. The lowest BCUT2D eigenvalue weighted by Crippen LogP contribution is -2.41. The highest BCUT2D eigenvalue weighted by Gasteiger charge is 2.20. The van der Waals surface area contributed by atoms with E-state index in [9.17, 15) is 13.6 Å². The predicted octanol–water partition coefficient (Wildman–Crippen LogP) is 1.62. The summed E-state index contributed by atoms with van der Waals surface area (Å²) in [6, 6.07) is 3.81. The molecular weight excluding hydrogens is 250 g/mol. The Bertz CT molecular complexity index is 445. The van der Waals surface area contributed by atoms with Gasteiger partial charge in [0.05, 0.1) is 5.92 Å². The minimum Gasteiger partial charge on any atom is -0.355 e. The standard InChI is InChI=1S/C14H18F2N2O/c15-12-4-3-10(8-13(12)16)5-7-18-14(19)11-2-1-6-17-9-11/h3-4,8,11,17H,1-2,5-7,9H2,(H,18,19). The summed E-state index contributed by atoms with van der Waals surface area (Å²) in [4.78, 5) is 11.8. The SMILES string of the molecule is O=C(NCCc1ccc(F)c(F)c1)C1CCCNC1. The van der Waals surface area contributed by atoms with E-state index in [1.54, 1.807) is 0 Å². The fourth-order valence-electron chi connectivity index (χ4n) is 2.25. The van der Waals surface area contributed by atoms with Gasteiger partial charge >= 0.3 is 0 Å². The quantitative estimate of drug-likeness (QED) is 0.871. The van der Waals surface area contributed by atoms with Gasteiger partial charge in [0.1, 0.15) is 0 Å². The van der Waals surface area contributed by atoms with Crippen molar-refractivity contribution in [3.8, 4) is 0 Å². The number of carbonyl (C=O) groups excluding carboxylic acids is 1. The van der Waals surface area contributed by atoms with Crippen molar-refractivity contribution in [2.45, 2.75) is 19.3 Å². The summed E-state index contributed by atoms with van der Waals surface area (Å²) in [5.74, 6) is -1.63. The lowest BCUT2D eigenvalue weighted by molar-refractivity contribution is -0.125. The first-order chi connectivity index (χ1) is 9.16. The lowest BCUT2D eigenvalue weighted by Gasteiger charge is -2.21. The van der Waals surface area contributed by atoms with Crippen LogP contribution in [0.25, 0.3) is 0 Å². The number of piperidine rings is 1. The molecule has 1 fully saturated rings. The molecule has 19 heavy (non-hydrogen) atoms. The Balaban J connectivity index is 1.76. The summed E-state index contributed by atoms with van der Waals surface area (Å²) < 4.78 is 25.7. The molecule has 1 aromatic rings. The molecule has 3 nitrogen and oxygen atoms in total. The molecular formula is C14H18F2N2O. The number of carbonyl (C=O) groups is 1. The fourth-order valence-corrected chi connectivity index (χ4v) is 2.25. The molecule has 104 valence electrons. The normalized spacial score (nSPS) is 19.2. The highest BCUT2D eigenvalue weighted by atomic mass is 19.2. The van der Waals surface area contributed by atoms with Crippen molar-refractivity contribution in [2.24, 2.45) is 5.92 Å². The molecule has 1 unspecified atom stereocenters. The van der Waals surface area contributed by atoms with Crippen molar-refractivity contribution in [1.29, 1.82) is 0 Å². The topological polar surface area (TPSA) is 41.1 Å². The van der Waals surface area contributed by atoms with Gasteiger partial charge in [0.15, 0.2) is 11.6 Å². The minimum absolute atomic E-state index is 0.0266. The Hall–Kier alpha value is -1.49. The molecule has 0 saturated carbocycles. The smallest absolute Gasteiger partial charge is 0.224 e. The van der Waals surface area contributed by atoms with Gasteiger partial charge in [-0.15, -0.1) is 0 Å². The molecule has 2 N–H and O–H groups in total. The van der Waals surface area contributed by atoms with Gasteiger partial charge in [-0.2, -0.15) is 0 Å². The highest BCUT2D eigenvalue weighted by molar-refractivity contribution is 5.78. The molecule has 1 heterocycles. The Morgan fingerprint density at radius 2 is 2.21 bits per heavy atom. The van der Waals surface area contributed by atoms with Crippen LogP contribution in [0, 0.1) is 17.6 Å². The third-order valence-corrected chi connectivity index (χ3v) is 3.36. The van der Waals surface area contributed by atoms with Crippen LogP contribution < -0.4 is 10.6 Å². The maximum Gasteiger partial charge on any atom is 0.224 e. The maximum absolute atomic E-state index is 13.0. The van der Waals surface area contributed by atoms with Gasteiger partial charge in [0.2, 0.25) is 5.91 Å². The molecule has 1 aliphatic heterocycles. The zero-order valence-electron chi connectivity index (χ0n) is 10.7. The van der Waals surface area contributed by atoms with E-state index >= 15 is 0 Å². The van der Waals surface area contributed by atoms with Gasteiger partial charge in [-0.25, -0.2) is 8.78 Å². The van der Waals surface area contributed by atoms with Crippen LogP contribution in [0.4, 0.5) is 8.78 Å². The van der Waals surface area contributed by atoms with E-state index in [0.717, 1.165) is 32.0 Å². The molecule has 2 rings (SSSR count). The fraction of sp³-hybridized carbons (Fsp3) is 0.500. The van der Waals surface area contributed by atoms with Crippen LogP contribution in [0.3, 0.4) is 0 Å². The van der Waals surface area contributed by atoms with Gasteiger partial charge in [-0.3, -0.25) is 4.79 Å². The van der Waals surface area contributed by atoms with E-state index in [4.69, 9.17) is 0 Å². The largest absolute Gasteiger partial charge is 0.355 e. The Kier molecular flexibility index (Phi) is 4.85. The average Bonchev–Trinajstić information content (AvgIpc) is 2.43. The lowest BCUT2D eigenvalue weighted by atomic mass is 9.99. The minimum atomic E-state index is -0.847. The van der Waals surface area contributed by atoms with E-state index in [1.807, 2.05) is 0 Å². The van der Waals surface area contributed by atoms with Crippen molar-refractivity contribution in [3.05, 3.63) is 35.4 Å². The average molecular weight is 268 g/mol. The molecule has 1 aliphatic rings. The molecule has 1 aromatic carbocycles. The Morgan fingerprint density at radius 1 is 1.37 bits per heavy atom. The van der Waals surface area contributed by atoms with Gasteiger partial charge in [-0.1, -0.05) is 6.07 Å². The second kappa shape index (κ2) is 6.61. The number of amides is 1. The monoisotopic (exact) mass is 268 g/mol. The molecule has 0 bridgehead atoms. The molecule has 1 saturated heterocycles. The van der Waals surface area contributed by atoms with Gasteiger partial charge < -0.3 is 10.6 Å². The van der Waals surface area contributed by atoms with E-state index in [2.05, 4.69) is 10.6 Å². The summed E-state index contributed by atoms with van der Waals surface area (Å²) in [6.07, 6.45) is 2.42. The van der Waals surface area contributed by atoms with Crippen molar-refractivity contribution in [3.63, 3.8) is 0 Å². The van der Waals surface area contributed by atoms with Crippen LogP contribution in [0.1, 0.15) is 18.4 Å². The van der Waals surface area contributed by atoms with Crippen LogP contribution in [0.15, 0.2) is 18.2 Å². The molecule has 0 spiro atoms. The van der Waals surface area contributed by atoms with Crippen LogP contribution in [0.2, 0.25) is 0 Å². The zero-order chi connectivity index (χ0) is 13.7. The molecule has 0 radical (unpaired) electrons. The number of benzene rings is 1. The molecule has 1 amide bonds. The first-order valence-corrected chi connectivity index (χ1v) is 6.59. The molecule has 1 atom stereocenters. The van der Waals surface area contributed by atoms with Gasteiger partial charge in [-0.05, 0) is 43.5 Å². The maximum atomic E-state index is 13.0. The third-order valence-electron chi connectivity index (χ3n) is 3.36. The zero-order valence-corrected chi connectivity index (χ0v) is 10.7.